The van der Waals surface area contributed by atoms with Crippen molar-refractivity contribution >= 4 is 11.8 Å². The second-order valence-electron chi connectivity index (χ2n) is 5.90. The zero-order chi connectivity index (χ0) is 18.6. The van der Waals surface area contributed by atoms with Gasteiger partial charge >= 0.3 is 0 Å². The quantitative estimate of drug-likeness (QED) is 0.429. The summed E-state index contributed by atoms with van der Waals surface area (Å²) >= 11 is 1.51. The highest BCUT2D eigenvalue weighted by molar-refractivity contribution is 7.98. The molecule has 0 atom stereocenters. The SMILES string of the molecule is Fc1ccc(CSc2nnc(-c3ccc(F)cc3)n2-c2ccccc2)cc1. The fourth-order valence-corrected chi connectivity index (χ4v) is 3.60. The fourth-order valence-electron chi connectivity index (χ4n) is 2.69. The average Bonchev–Trinajstić information content (AvgIpc) is 3.13. The third kappa shape index (κ3) is 3.90. The molecule has 0 aliphatic carbocycles. The molecule has 27 heavy (non-hydrogen) atoms. The Hall–Kier alpha value is -2.99. The molecule has 0 unspecified atom stereocenters. The van der Waals surface area contributed by atoms with Gasteiger partial charge < -0.3 is 0 Å². The van der Waals surface area contributed by atoms with Crippen LogP contribution in [-0.2, 0) is 5.75 Å². The Morgan fingerprint density at radius 2 is 1.37 bits per heavy atom. The predicted molar refractivity (Wildman–Crippen MR) is 103 cm³/mol. The van der Waals surface area contributed by atoms with Crippen LogP contribution in [0.25, 0.3) is 17.1 Å². The lowest BCUT2D eigenvalue weighted by molar-refractivity contribution is 0.627. The van der Waals surface area contributed by atoms with Gasteiger partial charge in [0.25, 0.3) is 0 Å². The molecule has 0 fully saturated rings. The van der Waals surface area contributed by atoms with E-state index in [1.54, 1.807) is 24.3 Å². The van der Waals surface area contributed by atoms with E-state index in [9.17, 15) is 8.78 Å². The largest absolute Gasteiger partial charge is 0.270 e. The van der Waals surface area contributed by atoms with Gasteiger partial charge in [-0.1, -0.05) is 42.1 Å². The van der Waals surface area contributed by atoms with Crippen LogP contribution in [0.4, 0.5) is 8.78 Å². The highest BCUT2D eigenvalue weighted by atomic mass is 32.2. The molecule has 1 heterocycles. The van der Waals surface area contributed by atoms with Crippen molar-refractivity contribution < 1.29 is 8.78 Å². The monoisotopic (exact) mass is 379 g/mol. The van der Waals surface area contributed by atoms with Crippen LogP contribution in [0.2, 0.25) is 0 Å². The molecule has 0 N–H and O–H groups in total. The van der Waals surface area contributed by atoms with Gasteiger partial charge in [-0.25, -0.2) is 8.78 Å². The average molecular weight is 379 g/mol. The van der Waals surface area contributed by atoms with Gasteiger partial charge in [-0.3, -0.25) is 4.57 Å². The Balaban J connectivity index is 1.71. The van der Waals surface area contributed by atoms with E-state index in [1.165, 1.54) is 36.0 Å². The zero-order valence-electron chi connectivity index (χ0n) is 14.2. The van der Waals surface area contributed by atoms with E-state index >= 15 is 0 Å². The van der Waals surface area contributed by atoms with Crippen molar-refractivity contribution in [1.82, 2.24) is 14.8 Å². The number of halogens is 2. The van der Waals surface area contributed by atoms with E-state index in [0.29, 0.717) is 16.7 Å². The van der Waals surface area contributed by atoms with Crippen LogP contribution in [0.1, 0.15) is 5.56 Å². The highest BCUT2D eigenvalue weighted by Gasteiger charge is 2.16. The first-order valence-corrected chi connectivity index (χ1v) is 9.33. The van der Waals surface area contributed by atoms with E-state index in [4.69, 9.17) is 0 Å². The number of benzene rings is 3. The standard InChI is InChI=1S/C21H15F2N3S/c22-17-10-6-15(7-11-17)14-27-21-25-24-20(16-8-12-18(23)13-9-16)26(21)19-4-2-1-3-5-19/h1-13H,14H2. The summed E-state index contributed by atoms with van der Waals surface area (Å²) in [6.07, 6.45) is 0. The summed E-state index contributed by atoms with van der Waals surface area (Å²) in [6, 6.07) is 22.4. The number of nitrogens with zero attached hydrogens (tertiary/aromatic N) is 3. The topological polar surface area (TPSA) is 30.7 Å². The Morgan fingerprint density at radius 3 is 2.04 bits per heavy atom. The number of para-hydroxylation sites is 1. The van der Waals surface area contributed by atoms with Crippen LogP contribution < -0.4 is 0 Å². The number of hydrogen-bond acceptors (Lipinski definition) is 3. The van der Waals surface area contributed by atoms with Crippen LogP contribution in [0.15, 0.2) is 84.0 Å². The molecule has 1 aromatic heterocycles. The van der Waals surface area contributed by atoms with Crippen LogP contribution in [-0.4, -0.2) is 14.8 Å². The van der Waals surface area contributed by atoms with Crippen molar-refractivity contribution in [2.45, 2.75) is 10.9 Å². The molecule has 0 bridgehead atoms. The van der Waals surface area contributed by atoms with Gasteiger partial charge in [-0.2, -0.15) is 0 Å². The van der Waals surface area contributed by atoms with Crippen molar-refractivity contribution in [2.75, 3.05) is 0 Å². The molecule has 0 aliphatic rings. The number of rotatable bonds is 5. The van der Waals surface area contributed by atoms with Crippen LogP contribution in [0.5, 0.6) is 0 Å². The lowest BCUT2D eigenvalue weighted by Gasteiger charge is -2.10. The van der Waals surface area contributed by atoms with Crippen molar-refractivity contribution in [1.29, 1.82) is 0 Å². The molecule has 0 spiro atoms. The molecule has 0 aliphatic heterocycles. The first-order valence-electron chi connectivity index (χ1n) is 8.35. The van der Waals surface area contributed by atoms with Gasteiger partial charge in [-0.15, -0.1) is 10.2 Å². The minimum Gasteiger partial charge on any atom is -0.270 e. The molecule has 4 aromatic rings. The maximum Gasteiger partial charge on any atom is 0.196 e. The maximum absolute atomic E-state index is 13.3. The lowest BCUT2D eigenvalue weighted by Crippen LogP contribution is -1.99. The summed E-state index contributed by atoms with van der Waals surface area (Å²) in [5, 5.41) is 9.37. The highest BCUT2D eigenvalue weighted by Crippen LogP contribution is 2.29. The molecule has 0 radical (unpaired) electrons. The summed E-state index contributed by atoms with van der Waals surface area (Å²) in [4.78, 5) is 0. The van der Waals surface area contributed by atoms with E-state index in [1.807, 2.05) is 34.9 Å². The number of thioether (sulfide) groups is 1. The molecule has 4 rings (SSSR count). The lowest BCUT2D eigenvalue weighted by atomic mass is 10.2. The van der Waals surface area contributed by atoms with Crippen molar-refractivity contribution in [3.05, 3.63) is 96.1 Å². The van der Waals surface area contributed by atoms with Crippen LogP contribution >= 0.6 is 11.8 Å². The van der Waals surface area contributed by atoms with Gasteiger partial charge in [0.05, 0.1) is 0 Å². The van der Waals surface area contributed by atoms with Gasteiger partial charge in [0.1, 0.15) is 11.6 Å². The predicted octanol–water partition coefficient (Wildman–Crippen LogP) is 5.50. The number of hydrogen-bond donors (Lipinski definition) is 0. The first kappa shape index (κ1) is 17.4. The second-order valence-corrected chi connectivity index (χ2v) is 6.84. The Morgan fingerprint density at radius 1 is 0.741 bits per heavy atom. The smallest absolute Gasteiger partial charge is 0.196 e. The van der Waals surface area contributed by atoms with E-state index in [0.717, 1.165) is 16.8 Å². The summed E-state index contributed by atoms with van der Waals surface area (Å²) in [7, 11) is 0. The fraction of sp³-hybridized carbons (Fsp3) is 0.0476. The Labute approximate surface area is 159 Å². The molecule has 3 nitrogen and oxygen atoms in total. The number of aromatic nitrogens is 3. The molecule has 0 amide bonds. The molecule has 3 aromatic carbocycles. The normalized spacial score (nSPS) is 10.9. The van der Waals surface area contributed by atoms with Crippen molar-refractivity contribution in [2.24, 2.45) is 0 Å². The summed E-state index contributed by atoms with van der Waals surface area (Å²) in [5.41, 5.74) is 2.69. The minimum atomic E-state index is -0.296. The van der Waals surface area contributed by atoms with Crippen molar-refractivity contribution in [3.63, 3.8) is 0 Å². The second kappa shape index (κ2) is 7.72. The van der Waals surface area contributed by atoms with Gasteiger partial charge in [0, 0.05) is 17.0 Å². The van der Waals surface area contributed by atoms with E-state index < -0.39 is 0 Å². The summed E-state index contributed by atoms with van der Waals surface area (Å²) < 4.78 is 28.3. The molecular weight excluding hydrogens is 364 g/mol. The Bertz CT molecular complexity index is 1030. The molecule has 0 saturated heterocycles. The van der Waals surface area contributed by atoms with Crippen LogP contribution in [0, 0.1) is 11.6 Å². The van der Waals surface area contributed by atoms with Gasteiger partial charge in [0.15, 0.2) is 11.0 Å². The Kier molecular flexibility index (Phi) is 4.98. The van der Waals surface area contributed by atoms with E-state index in [-0.39, 0.29) is 11.6 Å². The first-order chi connectivity index (χ1) is 13.2. The third-order valence-corrected chi connectivity index (χ3v) is 5.03. The minimum absolute atomic E-state index is 0.255. The molecule has 0 saturated carbocycles. The molecule has 134 valence electrons. The van der Waals surface area contributed by atoms with Crippen LogP contribution in [0.3, 0.4) is 0 Å². The van der Waals surface area contributed by atoms with Gasteiger partial charge in [0.2, 0.25) is 0 Å². The maximum atomic E-state index is 13.3. The summed E-state index contributed by atoms with van der Waals surface area (Å²) in [6.45, 7) is 0. The van der Waals surface area contributed by atoms with Gasteiger partial charge in [-0.05, 0) is 54.1 Å². The zero-order valence-corrected chi connectivity index (χ0v) is 15.0. The molecule has 6 heteroatoms. The third-order valence-electron chi connectivity index (χ3n) is 4.03. The summed E-state index contributed by atoms with van der Waals surface area (Å²) in [5.74, 6) is 0.724. The molecular formula is C21H15F2N3S. The van der Waals surface area contributed by atoms with Crippen molar-refractivity contribution in [3.8, 4) is 17.1 Å². The van der Waals surface area contributed by atoms with E-state index in [2.05, 4.69) is 10.2 Å².